The molecule has 0 bridgehead atoms. The Hall–Kier alpha value is -1.06. The van der Waals surface area contributed by atoms with E-state index in [4.69, 9.17) is 9.47 Å². The van der Waals surface area contributed by atoms with Gasteiger partial charge in [-0.3, -0.25) is 9.59 Å². The highest BCUT2D eigenvalue weighted by Gasteiger charge is 2.04. The quantitative estimate of drug-likeness (QED) is 0.0552. The van der Waals surface area contributed by atoms with Crippen molar-refractivity contribution in [2.75, 3.05) is 13.2 Å². The van der Waals surface area contributed by atoms with Crippen molar-refractivity contribution in [3.05, 3.63) is 0 Å². The Morgan fingerprint density at radius 2 is 0.659 bits per heavy atom. The molecule has 0 aromatic carbocycles. The molecule has 0 atom stereocenters. The minimum atomic E-state index is 0.00775. The molecule has 0 aliphatic carbocycles. The second kappa shape index (κ2) is 38.1. The number of carbonyl (C=O) groups excluding carboxylic acids is 2. The summed E-state index contributed by atoms with van der Waals surface area (Å²) in [7, 11) is 0. The molecular formula is C40H80O4. The average Bonchev–Trinajstić information content (AvgIpc) is 2.99. The highest BCUT2D eigenvalue weighted by molar-refractivity contribution is 5.69. The molecule has 0 fully saturated rings. The first-order valence-corrected chi connectivity index (χ1v) is 19.6. The third-order valence-electron chi connectivity index (χ3n) is 8.35. The molecule has 0 aromatic heterocycles. The molecule has 0 heterocycles. The summed E-state index contributed by atoms with van der Waals surface area (Å²) in [6.45, 7) is 14.9. The van der Waals surface area contributed by atoms with Crippen LogP contribution in [0.2, 0.25) is 0 Å². The summed E-state index contributed by atoms with van der Waals surface area (Å²) in [5.74, 6) is 1.68. The van der Waals surface area contributed by atoms with E-state index in [1.807, 2.05) is 0 Å². The molecule has 0 spiro atoms. The number of hydrogen-bond donors (Lipinski definition) is 0. The first-order chi connectivity index (χ1) is 21.3. The average molecular weight is 625 g/mol. The molecule has 0 saturated carbocycles. The largest absolute Gasteiger partial charge is 0.466 e. The summed E-state index contributed by atoms with van der Waals surface area (Å²) >= 11 is 0. The van der Waals surface area contributed by atoms with Gasteiger partial charge in [0.2, 0.25) is 0 Å². The normalized spacial score (nSPS) is 11.1. The maximum Gasteiger partial charge on any atom is 0.305 e. The predicted octanol–water partition coefficient (Wildman–Crippen LogP) is 13.3. The molecule has 0 radical (unpaired) electrons. The first-order valence-electron chi connectivity index (χ1n) is 19.6. The zero-order valence-electron chi connectivity index (χ0n) is 31.0. The zero-order chi connectivity index (χ0) is 32.9. The van der Waals surface area contributed by atoms with Gasteiger partial charge in [0.15, 0.2) is 0 Å². The van der Waals surface area contributed by atoms with Gasteiger partial charge >= 0.3 is 11.9 Å². The fourth-order valence-electron chi connectivity index (χ4n) is 5.34. The number of unbranched alkanes of at least 4 members (excludes halogenated alkanes) is 20. The van der Waals surface area contributed by atoms with E-state index in [0.717, 1.165) is 37.5 Å². The van der Waals surface area contributed by atoms with Crippen molar-refractivity contribution in [2.45, 2.75) is 221 Å². The Kier molecular flexibility index (Phi) is 39.0. The Morgan fingerprint density at radius 3 is 0.977 bits per heavy atom. The van der Waals surface area contributed by atoms with Crippen molar-refractivity contribution in [3.63, 3.8) is 0 Å². The second-order valence-electron chi connectivity index (χ2n) is 14.1. The van der Waals surface area contributed by atoms with E-state index in [1.165, 1.54) is 141 Å². The number of carbonyl (C=O) groups is 2. The van der Waals surface area contributed by atoms with Crippen molar-refractivity contribution < 1.29 is 19.1 Å². The fraction of sp³-hybridized carbons (Fsp3) is 0.950. The minimum absolute atomic E-state index is 0.00775. The molecule has 4 nitrogen and oxygen atoms in total. The maximum atomic E-state index is 11.6. The number of hydrogen-bond acceptors (Lipinski definition) is 4. The molecule has 264 valence electrons. The van der Waals surface area contributed by atoms with Gasteiger partial charge in [-0.05, 0) is 37.5 Å². The lowest BCUT2D eigenvalue weighted by molar-refractivity contribution is -0.144. The second-order valence-corrected chi connectivity index (χ2v) is 14.1. The highest BCUT2D eigenvalue weighted by Crippen LogP contribution is 2.14. The Labute approximate surface area is 277 Å². The van der Waals surface area contributed by atoms with Gasteiger partial charge in [0, 0.05) is 12.8 Å². The van der Waals surface area contributed by atoms with Crippen LogP contribution >= 0.6 is 0 Å². The van der Waals surface area contributed by atoms with Gasteiger partial charge in [0.25, 0.3) is 0 Å². The van der Waals surface area contributed by atoms with E-state index in [9.17, 15) is 9.59 Å². The van der Waals surface area contributed by atoms with Gasteiger partial charge in [-0.15, -0.1) is 0 Å². The van der Waals surface area contributed by atoms with Gasteiger partial charge in [-0.2, -0.15) is 0 Å². The molecule has 0 rings (SSSR count). The van der Waals surface area contributed by atoms with Crippen molar-refractivity contribution >= 4 is 11.9 Å². The number of esters is 2. The minimum Gasteiger partial charge on any atom is -0.466 e. The van der Waals surface area contributed by atoms with Crippen LogP contribution in [0.1, 0.15) is 221 Å². The molecule has 4 heteroatoms. The molecule has 44 heavy (non-hydrogen) atoms. The van der Waals surface area contributed by atoms with E-state index in [1.54, 1.807) is 0 Å². The van der Waals surface area contributed by atoms with Crippen LogP contribution in [0.15, 0.2) is 0 Å². The highest BCUT2D eigenvalue weighted by atomic mass is 16.5. The lowest BCUT2D eigenvalue weighted by Gasteiger charge is -2.06. The molecule has 0 saturated heterocycles. The lowest BCUT2D eigenvalue weighted by Crippen LogP contribution is -2.05. The van der Waals surface area contributed by atoms with Crippen LogP contribution in [0.25, 0.3) is 0 Å². The van der Waals surface area contributed by atoms with Crippen LogP contribution in [-0.4, -0.2) is 25.2 Å². The summed E-state index contributed by atoms with van der Waals surface area (Å²) in [4.78, 5) is 23.1. The monoisotopic (exact) mass is 625 g/mol. The molecule has 0 aliphatic rings. The van der Waals surface area contributed by atoms with Crippen LogP contribution in [0.3, 0.4) is 0 Å². The summed E-state index contributed by atoms with van der Waals surface area (Å²) in [5.41, 5.74) is 0. The summed E-state index contributed by atoms with van der Waals surface area (Å²) < 4.78 is 10.6. The van der Waals surface area contributed by atoms with Gasteiger partial charge in [0.1, 0.15) is 0 Å². The van der Waals surface area contributed by atoms with Crippen LogP contribution in [0, 0.1) is 11.8 Å². The zero-order valence-corrected chi connectivity index (χ0v) is 31.0. The van der Waals surface area contributed by atoms with Gasteiger partial charge in [-0.1, -0.05) is 183 Å². The predicted molar refractivity (Wildman–Crippen MR) is 192 cm³/mol. The Morgan fingerprint density at radius 1 is 0.386 bits per heavy atom. The maximum absolute atomic E-state index is 11.6. The molecule has 0 unspecified atom stereocenters. The summed E-state index contributed by atoms with van der Waals surface area (Å²) in [5, 5.41) is 0. The fourth-order valence-corrected chi connectivity index (χ4v) is 5.34. The van der Waals surface area contributed by atoms with E-state index >= 15 is 0 Å². The molecule has 0 aliphatic heterocycles. The Bertz CT molecular complexity index is 522. The van der Waals surface area contributed by atoms with Crippen LogP contribution in [0.5, 0.6) is 0 Å². The van der Waals surface area contributed by atoms with Gasteiger partial charge < -0.3 is 9.47 Å². The van der Waals surface area contributed by atoms with E-state index in [-0.39, 0.29) is 11.9 Å². The first kappa shape index (κ1) is 45.1. The summed E-state index contributed by atoms with van der Waals surface area (Å²) in [6, 6.07) is 0. The topological polar surface area (TPSA) is 52.6 Å². The standard InChI is InChI=1S/2C20H40O2/c2*1-4-5-6-7-12-15-18-22-20(21)17-14-11-9-8-10-13-16-19(2)3/h2*19H,4-18H2,1-3H3. The molecule has 0 aromatic rings. The third kappa shape index (κ3) is 43.1. The van der Waals surface area contributed by atoms with Crippen molar-refractivity contribution in [3.8, 4) is 0 Å². The van der Waals surface area contributed by atoms with E-state index in [2.05, 4.69) is 41.5 Å². The van der Waals surface area contributed by atoms with Crippen molar-refractivity contribution in [1.82, 2.24) is 0 Å². The van der Waals surface area contributed by atoms with Gasteiger partial charge in [-0.25, -0.2) is 0 Å². The van der Waals surface area contributed by atoms with Crippen molar-refractivity contribution in [2.24, 2.45) is 11.8 Å². The van der Waals surface area contributed by atoms with E-state index in [0.29, 0.717) is 26.1 Å². The third-order valence-corrected chi connectivity index (χ3v) is 8.35. The molecule has 0 N–H and O–H groups in total. The Balaban J connectivity index is 0. The van der Waals surface area contributed by atoms with Crippen LogP contribution in [-0.2, 0) is 19.1 Å². The lowest BCUT2D eigenvalue weighted by atomic mass is 10.0. The number of ether oxygens (including phenoxy) is 2. The smallest absolute Gasteiger partial charge is 0.305 e. The van der Waals surface area contributed by atoms with Gasteiger partial charge in [0.05, 0.1) is 13.2 Å². The SMILES string of the molecule is CCCCCCCCOC(=O)CCCCCCCCC(C)C.CCCCCCCCOC(=O)CCCCCCCCC(C)C. The van der Waals surface area contributed by atoms with Crippen molar-refractivity contribution in [1.29, 1.82) is 0 Å². The van der Waals surface area contributed by atoms with Crippen LogP contribution < -0.4 is 0 Å². The molecule has 0 amide bonds. The van der Waals surface area contributed by atoms with E-state index < -0.39 is 0 Å². The molecular weight excluding hydrogens is 544 g/mol. The van der Waals surface area contributed by atoms with Crippen LogP contribution in [0.4, 0.5) is 0 Å². The summed E-state index contributed by atoms with van der Waals surface area (Å²) in [6.07, 6.45) is 33.8. The number of rotatable bonds is 32.